The van der Waals surface area contributed by atoms with Gasteiger partial charge < -0.3 is 14.4 Å². The Morgan fingerprint density at radius 1 is 0.833 bits per heavy atom. The monoisotopic (exact) mass is 401 g/mol. The average molecular weight is 402 g/mol. The predicted octanol–water partition coefficient (Wildman–Crippen LogP) is 5.24. The molecule has 154 valence electrons. The Morgan fingerprint density at radius 3 is 2.23 bits per heavy atom. The van der Waals surface area contributed by atoms with Crippen molar-refractivity contribution in [2.75, 3.05) is 32.2 Å². The maximum atomic E-state index is 5.69. The Morgan fingerprint density at radius 2 is 1.53 bits per heavy atom. The highest BCUT2D eigenvalue weighted by Crippen LogP contribution is 2.37. The Hall–Kier alpha value is -3.34. The van der Waals surface area contributed by atoms with Gasteiger partial charge in [0, 0.05) is 37.1 Å². The van der Waals surface area contributed by atoms with Crippen LogP contribution in [0.5, 0.6) is 11.5 Å². The molecule has 0 radical (unpaired) electrons. The summed E-state index contributed by atoms with van der Waals surface area (Å²) < 4.78 is 11.4. The molecule has 4 rings (SSSR count). The molecule has 0 amide bonds. The van der Waals surface area contributed by atoms with Gasteiger partial charge in [-0.2, -0.15) is 0 Å². The zero-order valence-electron chi connectivity index (χ0n) is 17.8. The normalized spacial score (nSPS) is 13.8. The first-order chi connectivity index (χ1) is 14.7. The topological polar surface area (TPSA) is 47.5 Å². The molecule has 3 heterocycles. The largest absolute Gasteiger partial charge is 0.496 e. The van der Waals surface area contributed by atoms with E-state index in [9.17, 15) is 0 Å². The number of aromatic nitrogens is 2. The van der Waals surface area contributed by atoms with Gasteiger partial charge in [-0.3, -0.25) is 9.97 Å². The Labute approximate surface area is 178 Å². The van der Waals surface area contributed by atoms with E-state index in [1.54, 1.807) is 14.2 Å². The van der Waals surface area contributed by atoms with Gasteiger partial charge in [0.2, 0.25) is 0 Å². The van der Waals surface area contributed by atoms with Crippen LogP contribution in [-0.2, 0) is 0 Å². The Balaban J connectivity index is 1.64. The van der Waals surface area contributed by atoms with E-state index in [4.69, 9.17) is 9.47 Å². The van der Waals surface area contributed by atoms with Gasteiger partial charge in [-0.15, -0.1) is 0 Å². The first-order valence-corrected chi connectivity index (χ1v) is 10.3. The number of pyridine rings is 2. The van der Waals surface area contributed by atoms with E-state index in [2.05, 4.69) is 40.0 Å². The fraction of sp³-hybridized carbons (Fsp3) is 0.280. The lowest BCUT2D eigenvalue weighted by atomic mass is 10.1. The number of anilines is 1. The summed E-state index contributed by atoms with van der Waals surface area (Å²) in [5.74, 6) is 1.71. The van der Waals surface area contributed by atoms with Crippen LogP contribution in [0.3, 0.4) is 0 Å². The highest BCUT2D eigenvalue weighted by molar-refractivity contribution is 5.78. The molecule has 0 unspecified atom stereocenters. The SMILES string of the molecule is COc1cc(N2CCCC2)c(OC)cc1/C=C/c1ccnc(-c2cc(C)ccn2)c1. The molecule has 0 spiro atoms. The minimum absolute atomic E-state index is 0.837. The zero-order chi connectivity index (χ0) is 20.9. The molecule has 1 aliphatic rings. The molecule has 1 aliphatic heterocycles. The molecular weight excluding hydrogens is 374 g/mol. The van der Waals surface area contributed by atoms with Crippen LogP contribution in [0.25, 0.3) is 23.5 Å². The van der Waals surface area contributed by atoms with Crippen LogP contribution in [0.1, 0.15) is 29.5 Å². The summed E-state index contributed by atoms with van der Waals surface area (Å²) >= 11 is 0. The lowest BCUT2D eigenvalue weighted by Crippen LogP contribution is -2.18. The van der Waals surface area contributed by atoms with Crippen LogP contribution >= 0.6 is 0 Å². The van der Waals surface area contributed by atoms with Gasteiger partial charge >= 0.3 is 0 Å². The van der Waals surface area contributed by atoms with E-state index in [-0.39, 0.29) is 0 Å². The first-order valence-electron chi connectivity index (χ1n) is 10.3. The molecule has 1 aromatic carbocycles. The summed E-state index contributed by atoms with van der Waals surface area (Å²) in [4.78, 5) is 11.3. The van der Waals surface area contributed by atoms with Gasteiger partial charge in [0.25, 0.3) is 0 Å². The molecular formula is C25H27N3O2. The van der Waals surface area contributed by atoms with Gasteiger partial charge in [-0.1, -0.05) is 12.2 Å². The van der Waals surface area contributed by atoms with Crippen molar-refractivity contribution < 1.29 is 9.47 Å². The van der Waals surface area contributed by atoms with Crippen LogP contribution < -0.4 is 14.4 Å². The van der Waals surface area contributed by atoms with Gasteiger partial charge in [-0.05, 0) is 61.2 Å². The third kappa shape index (κ3) is 4.30. The van der Waals surface area contributed by atoms with Crippen molar-refractivity contribution >= 4 is 17.8 Å². The van der Waals surface area contributed by atoms with Crippen molar-refractivity contribution in [3.8, 4) is 22.9 Å². The van der Waals surface area contributed by atoms with Crippen LogP contribution in [0.4, 0.5) is 5.69 Å². The summed E-state index contributed by atoms with van der Waals surface area (Å²) in [6.45, 7) is 4.17. The van der Waals surface area contributed by atoms with E-state index in [1.165, 1.54) is 12.8 Å². The second kappa shape index (κ2) is 8.99. The highest BCUT2D eigenvalue weighted by atomic mass is 16.5. The van der Waals surface area contributed by atoms with Crippen molar-refractivity contribution in [3.63, 3.8) is 0 Å². The third-order valence-electron chi connectivity index (χ3n) is 5.40. The van der Waals surface area contributed by atoms with Crippen molar-refractivity contribution in [1.29, 1.82) is 0 Å². The summed E-state index contributed by atoms with van der Waals surface area (Å²) in [5, 5.41) is 0. The minimum atomic E-state index is 0.837. The van der Waals surface area contributed by atoms with Gasteiger partial charge in [0.15, 0.2) is 0 Å². The standard InChI is InChI=1S/C25H27N3O2/c1-18-8-10-26-21(14-18)22-15-19(9-11-27-22)6-7-20-16-25(30-3)23(17-24(20)29-2)28-12-4-5-13-28/h6-11,14-17H,4-5,12-13H2,1-3H3/b7-6+. The number of ether oxygens (including phenoxy) is 2. The fourth-order valence-corrected chi connectivity index (χ4v) is 3.79. The van der Waals surface area contributed by atoms with Crippen LogP contribution in [0.15, 0.2) is 48.8 Å². The first kappa shape index (κ1) is 20.0. The van der Waals surface area contributed by atoms with E-state index >= 15 is 0 Å². The summed E-state index contributed by atoms with van der Waals surface area (Å²) in [5.41, 5.74) is 6.02. The average Bonchev–Trinajstić information content (AvgIpc) is 3.32. The molecule has 0 aliphatic carbocycles. The lowest BCUT2D eigenvalue weighted by Gasteiger charge is -2.22. The van der Waals surface area contributed by atoms with Gasteiger partial charge in [0.1, 0.15) is 11.5 Å². The molecule has 0 atom stereocenters. The molecule has 30 heavy (non-hydrogen) atoms. The van der Waals surface area contributed by atoms with E-state index in [0.29, 0.717) is 0 Å². The molecule has 0 bridgehead atoms. The number of hydrogen-bond acceptors (Lipinski definition) is 5. The number of methoxy groups -OCH3 is 2. The van der Waals surface area contributed by atoms with E-state index < -0.39 is 0 Å². The number of hydrogen-bond donors (Lipinski definition) is 0. The van der Waals surface area contributed by atoms with Crippen molar-refractivity contribution in [1.82, 2.24) is 9.97 Å². The Bertz CT molecular complexity index is 1060. The summed E-state index contributed by atoms with van der Waals surface area (Å²) in [7, 11) is 3.43. The summed E-state index contributed by atoms with van der Waals surface area (Å²) in [6, 6.07) is 12.2. The lowest BCUT2D eigenvalue weighted by molar-refractivity contribution is 0.402. The van der Waals surface area contributed by atoms with Gasteiger partial charge in [-0.25, -0.2) is 0 Å². The number of aryl methyl sites for hydroxylation is 1. The zero-order valence-corrected chi connectivity index (χ0v) is 17.8. The number of nitrogens with zero attached hydrogens (tertiary/aromatic N) is 3. The molecule has 0 saturated carbocycles. The number of rotatable bonds is 6. The quantitative estimate of drug-likeness (QED) is 0.565. The highest BCUT2D eigenvalue weighted by Gasteiger charge is 2.19. The second-order valence-corrected chi connectivity index (χ2v) is 7.49. The smallest absolute Gasteiger partial charge is 0.143 e. The molecule has 1 fully saturated rings. The molecule has 1 saturated heterocycles. The summed E-state index contributed by atoms with van der Waals surface area (Å²) in [6.07, 6.45) is 10.2. The second-order valence-electron chi connectivity index (χ2n) is 7.49. The van der Waals surface area contributed by atoms with Crippen LogP contribution in [0.2, 0.25) is 0 Å². The molecule has 5 heteroatoms. The van der Waals surface area contributed by atoms with Crippen molar-refractivity contribution in [2.45, 2.75) is 19.8 Å². The maximum absolute atomic E-state index is 5.69. The third-order valence-corrected chi connectivity index (χ3v) is 5.40. The van der Waals surface area contributed by atoms with Crippen LogP contribution in [0, 0.1) is 6.92 Å². The van der Waals surface area contributed by atoms with Crippen LogP contribution in [-0.4, -0.2) is 37.3 Å². The molecule has 5 nitrogen and oxygen atoms in total. The van der Waals surface area contributed by atoms with E-state index in [1.807, 2.05) is 42.7 Å². The van der Waals surface area contributed by atoms with Gasteiger partial charge in [0.05, 0.1) is 31.3 Å². The van der Waals surface area contributed by atoms with Crippen molar-refractivity contribution in [2.24, 2.45) is 0 Å². The molecule has 3 aromatic rings. The molecule has 2 aromatic heterocycles. The number of benzene rings is 1. The fourth-order valence-electron chi connectivity index (χ4n) is 3.79. The van der Waals surface area contributed by atoms with E-state index in [0.717, 1.165) is 58.4 Å². The molecule has 0 N–H and O–H groups in total. The predicted molar refractivity (Wildman–Crippen MR) is 122 cm³/mol. The Kier molecular flexibility index (Phi) is 5.98. The van der Waals surface area contributed by atoms with Crippen molar-refractivity contribution in [3.05, 3.63) is 65.5 Å². The minimum Gasteiger partial charge on any atom is -0.496 e. The maximum Gasteiger partial charge on any atom is 0.143 e.